The minimum Gasteiger partial charge on any atom is -0.338 e. The van der Waals surface area contributed by atoms with Crippen molar-refractivity contribution in [2.75, 3.05) is 0 Å². The topological polar surface area (TPSA) is 85.1 Å². The number of hydrogen-bond acceptors (Lipinski definition) is 5. The van der Waals surface area contributed by atoms with Crippen molar-refractivity contribution in [3.63, 3.8) is 0 Å². The molecule has 1 N–H and O–H groups in total. The summed E-state index contributed by atoms with van der Waals surface area (Å²) in [6.45, 7) is -0.134. The molecule has 0 saturated carbocycles. The summed E-state index contributed by atoms with van der Waals surface area (Å²) in [5.74, 6) is 0.0100. The third-order valence-electron chi connectivity index (χ3n) is 3.04. The van der Waals surface area contributed by atoms with E-state index in [-0.39, 0.29) is 29.0 Å². The lowest BCUT2D eigenvalue weighted by atomic mass is 10.2. The van der Waals surface area contributed by atoms with Crippen molar-refractivity contribution in [3.05, 3.63) is 66.3 Å². The van der Waals surface area contributed by atoms with E-state index in [1.807, 2.05) is 0 Å². The van der Waals surface area contributed by atoms with E-state index < -0.39 is 10.0 Å². The van der Waals surface area contributed by atoms with Crippen LogP contribution in [0.4, 0.5) is 4.39 Å². The van der Waals surface area contributed by atoms with Crippen LogP contribution in [0.2, 0.25) is 0 Å². The Kier molecular flexibility index (Phi) is 4.18. The van der Waals surface area contributed by atoms with Crippen molar-refractivity contribution < 1.29 is 17.3 Å². The molecule has 1 aromatic heterocycles. The van der Waals surface area contributed by atoms with Crippen LogP contribution in [0.15, 0.2) is 64.0 Å². The molecule has 0 aliphatic heterocycles. The average Bonchev–Trinajstić information content (AvgIpc) is 3.04. The van der Waals surface area contributed by atoms with E-state index in [0.29, 0.717) is 5.56 Å². The van der Waals surface area contributed by atoms with E-state index in [9.17, 15) is 12.8 Å². The van der Waals surface area contributed by atoms with Crippen LogP contribution in [0.5, 0.6) is 0 Å². The summed E-state index contributed by atoms with van der Waals surface area (Å²) in [7, 11) is -3.65. The fraction of sp³-hybridized carbons (Fsp3) is 0.0667. The summed E-state index contributed by atoms with van der Waals surface area (Å²) in [6.07, 6.45) is 0. The lowest BCUT2D eigenvalue weighted by Gasteiger charge is -2.03. The van der Waals surface area contributed by atoms with Crippen molar-refractivity contribution in [3.8, 4) is 11.4 Å². The van der Waals surface area contributed by atoms with Crippen LogP contribution in [0, 0.1) is 5.82 Å². The van der Waals surface area contributed by atoms with Crippen LogP contribution in [-0.2, 0) is 16.6 Å². The van der Waals surface area contributed by atoms with Crippen molar-refractivity contribution in [1.29, 1.82) is 0 Å². The van der Waals surface area contributed by atoms with Gasteiger partial charge in [0.05, 0.1) is 11.4 Å². The van der Waals surface area contributed by atoms with Gasteiger partial charge in [0.1, 0.15) is 5.82 Å². The van der Waals surface area contributed by atoms with Gasteiger partial charge in [-0.15, -0.1) is 0 Å². The molecular formula is C15H12FN3O3S. The second-order valence-corrected chi connectivity index (χ2v) is 6.42. The van der Waals surface area contributed by atoms with E-state index in [0.717, 1.165) is 0 Å². The van der Waals surface area contributed by atoms with E-state index >= 15 is 0 Å². The van der Waals surface area contributed by atoms with E-state index in [1.54, 1.807) is 18.2 Å². The SMILES string of the molecule is O=S(=O)(NCc1nc(-c2ccc(F)cc2)no1)c1ccccc1. The van der Waals surface area contributed by atoms with Crippen molar-refractivity contribution >= 4 is 10.0 Å². The zero-order valence-corrected chi connectivity index (χ0v) is 12.6. The number of aromatic nitrogens is 2. The van der Waals surface area contributed by atoms with Crippen LogP contribution in [0.3, 0.4) is 0 Å². The normalized spacial score (nSPS) is 11.5. The quantitative estimate of drug-likeness (QED) is 0.775. The number of nitrogens with one attached hydrogen (secondary N) is 1. The number of benzene rings is 2. The Labute approximate surface area is 132 Å². The molecule has 6 nitrogen and oxygen atoms in total. The molecule has 0 saturated heterocycles. The molecule has 0 amide bonds. The molecule has 2 aromatic carbocycles. The molecule has 0 spiro atoms. The van der Waals surface area contributed by atoms with E-state index in [2.05, 4.69) is 14.9 Å². The predicted molar refractivity (Wildman–Crippen MR) is 80.2 cm³/mol. The van der Waals surface area contributed by atoms with Crippen LogP contribution in [0.1, 0.15) is 5.89 Å². The smallest absolute Gasteiger partial charge is 0.242 e. The minimum absolute atomic E-state index is 0.115. The largest absolute Gasteiger partial charge is 0.338 e. The van der Waals surface area contributed by atoms with E-state index in [4.69, 9.17) is 4.52 Å². The number of nitrogens with zero attached hydrogens (tertiary/aromatic N) is 2. The van der Waals surface area contributed by atoms with Gasteiger partial charge in [0.15, 0.2) is 0 Å². The first-order chi connectivity index (χ1) is 11.0. The van der Waals surface area contributed by atoms with Crippen molar-refractivity contribution in [2.24, 2.45) is 0 Å². The minimum atomic E-state index is -3.65. The van der Waals surface area contributed by atoms with E-state index in [1.165, 1.54) is 36.4 Å². The number of sulfonamides is 1. The third-order valence-corrected chi connectivity index (χ3v) is 4.45. The monoisotopic (exact) mass is 333 g/mol. The second-order valence-electron chi connectivity index (χ2n) is 4.66. The first-order valence-corrected chi connectivity index (χ1v) is 8.16. The summed E-state index contributed by atoms with van der Waals surface area (Å²) < 4.78 is 44.4. The van der Waals surface area contributed by atoms with Gasteiger partial charge in [-0.1, -0.05) is 23.4 Å². The molecule has 3 aromatic rings. The summed E-state index contributed by atoms with van der Waals surface area (Å²) in [5, 5.41) is 3.75. The van der Waals surface area contributed by atoms with Gasteiger partial charge < -0.3 is 4.52 Å². The summed E-state index contributed by atoms with van der Waals surface area (Å²) in [4.78, 5) is 4.23. The maximum Gasteiger partial charge on any atom is 0.242 e. The Morgan fingerprint density at radius 1 is 1.04 bits per heavy atom. The second kappa shape index (κ2) is 6.27. The van der Waals surface area contributed by atoms with Crippen molar-refractivity contribution in [2.45, 2.75) is 11.4 Å². The fourth-order valence-electron chi connectivity index (χ4n) is 1.88. The summed E-state index contributed by atoms with van der Waals surface area (Å²) in [5.41, 5.74) is 0.576. The van der Waals surface area contributed by atoms with Gasteiger partial charge in [-0.2, -0.15) is 4.98 Å². The summed E-state index contributed by atoms with van der Waals surface area (Å²) >= 11 is 0. The van der Waals surface area contributed by atoms with Crippen LogP contribution in [0.25, 0.3) is 11.4 Å². The number of halogens is 1. The first kappa shape index (κ1) is 15.3. The Balaban J connectivity index is 1.71. The highest BCUT2D eigenvalue weighted by Crippen LogP contribution is 2.16. The maximum absolute atomic E-state index is 12.9. The van der Waals surface area contributed by atoms with Gasteiger partial charge in [0.2, 0.25) is 21.7 Å². The van der Waals surface area contributed by atoms with Gasteiger partial charge in [-0.05, 0) is 36.4 Å². The van der Waals surface area contributed by atoms with Gasteiger partial charge in [-0.25, -0.2) is 17.5 Å². The Morgan fingerprint density at radius 3 is 2.43 bits per heavy atom. The van der Waals surface area contributed by atoms with Gasteiger partial charge in [0.25, 0.3) is 0 Å². The molecule has 23 heavy (non-hydrogen) atoms. The molecule has 118 valence electrons. The van der Waals surface area contributed by atoms with Crippen molar-refractivity contribution in [1.82, 2.24) is 14.9 Å². The molecule has 0 radical (unpaired) electrons. The molecule has 0 bridgehead atoms. The highest BCUT2D eigenvalue weighted by molar-refractivity contribution is 7.89. The fourth-order valence-corrected chi connectivity index (χ4v) is 2.88. The Morgan fingerprint density at radius 2 is 1.74 bits per heavy atom. The molecular weight excluding hydrogens is 321 g/mol. The molecule has 1 heterocycles. The number of rotatable bonds is 5. The van der Waals surface area contributed by atoms with Gasteiger partial charge in [-0.3, -0.25) is 0 Å². The highest BCUT2D eigenvalue weighted by atomic mass is 32.2. The third kappa shape index (κ3) is 3.61. The molecule has 8 heteroatoms. The average molecular weight is 333 g/mol. The van der Waals surface area contributed by atoms with Gasteiger partial charge >= 0.3 is 0 Å². The lowest BCUT2D eigenvalue weighted by Crippen LogP contribution is -2.23. The first-order valence-electron chi connectivity index (χ1n) is 6.68. The molecule has 0 aliphatic rings. The standard InChI is InChI=1S/C15H12FN3O3S/c16-12-8-6-11(7-9-12)15-18-14(22-19-15)10-17-23(20,21)13-4-2-1-3-5-13/h1-9,17H,10H2. The molecule has 0 aliphatic carbocycles. The molecule has 3 rings (SSSR count). The lowest BCUT2D eigenvalue weighted by molar-refractivity contribution is 0.376. The zero-order valence-electron chi connectivity index (χ0n) is 11.8. The summed E-state index contributed by atoms with van der Waals surface area (Å²) in [6, 6.07) is 13.6. The Hall–Kier alpha value is -2.58. The molecule has 0 fully saturated rings. The van der Waals surface area contributed by atoms with Gasteiger partial charge in [0, 0.05) is 5.56 Å². The predicted octanol–water partition coefficient (Wildman–Crippen LogP) is 2.35. The molecule has 0 unspecified atom stereocenters. The highest BCUT2D eigenvalue weighted by Gasteiger charge is 2.15. The Bertz CT molecular complexity index is 893. The van der Waals surface area contributed by atoms with Crippen LogP contribution < -0.4 is 4.72 Å². The number of hydrogen-bond donors (Lipinski definition) is 1. The zero-order chi connectivity index (χ0) is 16.3. The van der Waals surface area contributed by atoms with Crippen LogP contribution in [-0.4, -0.2) is 18.6 Å². The van der Waals surface area contributed by atoms with Crippen LogP contribution >= 0.6 is 0 Å². The molecule has 0 atom stereocenters. The maximum atomic E-state index is 12.9.